The largest absolute Gasteiger partial charge is 0.351 e. The number of rotatable bonds is 5. The molecule has 0 bridgehead atoms. The lowest BCUT2D eigenvalue weighted by Gasteiger charge is -2.28. The third-order valence-electron chi connectivity index (χ3n) is 6.68. The summed E-state index contributed by atoms with van der Waals surface area (Å²) in [6.45, 7) is 6.37. The van der Waals surface area contributed by atoms with Crippen molar-refractivity contribution in [1.29, 1.82) is 0 Å². The lowest BCUT2D eigenvalue weighted by Crippen LogP contribution is -2.29. The van der Waals surface area contributed by atoms with E-state index in [0.29, 0.717) is 15.2 Å². The zero-order chi connectivity index (χ0) is 24.7. The lowest BCUT2D eigenvalue weighted by molar-refractivity contribution is 0.565. The fourth-order valence-corrected chi connectivity index (χ4v) is 5.69. The van der Waals surface area contributed by atoms with Crippen molar-refractivity contribution >= 4 is 46.2 Å². The summed E-state index contributed by atoms with van der Waals surface area (Å²) in [5.74, 6) is 0. The number of aryl methyl sites for hydroxylation is 2. The fraction of sp³-hybridized carbons (Fsp3) is 0.214. The summed E-state index contributed by atoms with van der Waals surface area (Å²) < 4.78 is 2.17. The highest BCUT2D eigenvalue weighted by Gasteiger charge is 2.42. The predicted molar refractivity (Wildman–Crippen MR) is 149 cm³/mol. The Balaban J connectivity index is 1.68. The minimum absolute atomic E-state index is 0.0946. The van der Waals surface area contributed by atoms with Gasteiger partial charge in [0.05, 0.1) is 33.5 Å². The number of halogens is 2. The van der Waals surface area contributed by atoms with Crippen molar-refractivity contribution in [2.24, 2.45) is 0 Å². The normalized spacial score (nSPS) is 17.6. The maximum atomic E-state index is 6.64. The second-order valence-corrected chi connectivity index (χ2v) is 9.92. The number of nitrogens with zero attached hydrogens (tertiary/aromatic N) is 3. The molecule has 2 aromatic carbocycles. The van der Waals surface area contributed by atoms with E-state index in [1.807, 2.05) is 36.5 Å². The van der Waals surface area contributed by atoms with E-state index in [1.165, 1.54) is 5.56 Å². The molecule has 7 heteroatoms. The Morgan fingerprint density at radius 1 is 1.00 bits per heavy atom. The Bertz CT molecular complexity index is 1380. The van der Waals surface area contributed by atoms with Gasteiger partial charge in [-0.05, 0) is 86.1 Å². The van der Waals surface area contributed by atoms with Crippen molar-refractivity contribution in [3.63, 3.8) is 0 Å². The molecular formula is C28H26Cl2N4S. The molecule has 0 spiro atoms. The number of hydrogen-bond donors (Lipinski definition) is 1. The Morgan fingerprint density at radius 3 is 2.46 bits per heavy atom. The highest BCUT2D eigenvalue weighted by atomic mass is 35.5. The molecule has 3 heterocycles. The average molecular weight is 522 g/mol. The van der Waals surface area contributed by atoms with Crippen LogP contribution in [0.5, 0.6) is 0 Å². The zero-order valence-electron chi connectivity index (χ0n) is 19.8. The number of benzene rings is 2. The highest BCUT2D eigenvalue weighted by molar-refractivity contribution is 7.80. The van der Waals surface area contributed by atoms with Gasteiger partial charge >= 0.3 is 0 Å². The van der Waals surface area contributed by atoms with Crippen LogP contribution in [-0.2, 0) is 6.42 Å². The standard InChI is InChI=1S/C28H26Cl2N4S/c1-4-19-11-13-20(14-12-19)34-27(26(32-28(34)35)23-9-5-6-15-31-23)21-16-17(2)33(18(21)3)24-10-7-8-22(29)25(24)30/h5-16,26-27H,4H2,1-3H3,(H,32,35)/t26-,27-/m1/s1. The summed E-state index contributed by atoms with van der Waals surface area (Å²) in [5, 5.41) is 5.30. The van der Waals surface area contributed by atoms with Crippen LogP contribution in [0.2, 0.25) is 10.0 Å². The molecule has 2 atom stereocenters. The van der Waals surface area contributed by atoms with Crippen LogP contribution in [0.1, 0.15) is 47.2 Å². The maximum Gasteiger partial charge on any atom is 0.174 e. The second kappa shape index (κ2) is 9.65. The quantitative estimate of drug-likeness (QED) is 0.275. The molecule has 4 nitrogen and oxygen atoms in total. The van der Waals surface area contributed by atoms with Gasteiger partial charge in [0.15, 0.2) is 5.11 Å². The van der Waals surface area contributed by atoms with E-state index in [0.717, 1.165) is 40.4 Å². The summed E-state index contributed by atoms with van der Waals surface area (Å²) in [4.78, 5) is 6.88. The van der Waals surface area contributed by atoms with Crippen LogP contribution in [0.25, 0.3) is 5.69 Å². The molecule has 0 saturated carbocycles. The molecular weight excluding hydrogens is 495 g/mol. The number of hydrogen-bond acceptors (Lipinski definition) is 2. The molecule has 0 unspecified atom stereocenters. The minimum atomic E-state index is -0.113. The van der Waals surface area contributed by atoms with Gasteiger partial charge < -0.3 is 14.8 Å². The number of nitrogens with one attached hydrogen (secondary N) is 1. The molecule has 2 aromatic heterocycles. The molecule has 1 fully saturated rings. The van der Waals surface area contributed by atoms with Gasteiger partial charge in [0.25, 0.3) is 0 Å². The lowest BCUT2D eigenvalue weighted by atomic mass is 9.96. The van der Waals surface area contributed by atoms with Gasteiger partial charge in [-0.15, -0.1) is 0 Å². The molecule has 0 aliphatic carbocycles. The molecule has 1 N–H and O–H groups in total. The van der Waals surface area contributed by atoms with E-state index in [2.05, 4.69) is 70.9 Å². The molecule has 0 radical (unpaired) electrons. The van der Waals surface area contributed by atoms with Crippen LogP contribution in [0, 0.1) is 13.8 Å². The van der Waals surface area contributed by atoms with Gasteiger partial charge in [-0.25, -0.2) is 0 Å². The molecule has 1 aliphatic heterocycles. The van der Waals surface area contributed by atoms with Crippen molar-refractivity contribution in [1.82, 2.24) is 14.9 Å². The predicted octanol–water partition coefficient (Wildman–Crippen LogP) is 7.54. The van der Waals surface area contributed by atoms with E-state index < -0.39 is 0 Å². The monoisotopic (exact) mass is 520 g/mol. The number of pyridine rings is 1. The SMILES string of the molecule is CCc1ccc(N2C(=S)N[C@H](c3ccccn3)[C@H]2c2cc(C)n(-c3cccc(Cl)c3Cl)c2C)cc1. The zero-order valence-corrected chi connectivity index (χ0v) is 22.1. The van der Waals surface area contributed by atoms with Gasteiger partial charge in [-0.1, -0.05) is 54.4 Å². The summed E-state index contributed by atoms with van der Waals surface area (Å²) >= 11 is 18.9. The van der Waals surface area contributed by atoms with E-state index in [-0.39, 0.29) is 12.1 Å². The van der Waals surface area contributed by atoms with Crippen LogP contribution < -0.4 is 10.2 Å². The van der Waals surface area contributed by atoms with Crippen molar-refractivity contribution < 1.29 is 0 Å². The van der Waals surface area contributed by atoms with E-state index in [9.17, 15) is 0 Å². The Labute approximate surface area is 221 Å². The van der Waals surface area contributed by atoms with Crippen LogP contribution in [0.15, 0.2) is 72.9 Å². The molecule has 178 valence electrons. The molecule has 5 rings (SSSR count). The van der Waals surface area contributed by atoms with Crippen LogP contribution in [0.4, 0.5) is 5.69 Å². The Hall–Kier alpha value is -2.86. The topological polar surface area (TPSA) is 33.1 Å². The van der Waals surface area contributed by atoms with Crippen molar-refractivity contribution in [2.75, 3.05) is 4.90 Å². The van der Waals surface area contributed by atoms with Crippen molar-refractivity contribution in [3.8, 4) is 5.69 Å². The number of anilines is 1. The van der Waals surface area contributed by atoms with Crippen molar-refractivity contribution in [3.05, 3.63) is 111 Å². The first-order valence-electron chi connectivity index (χ1n) is 11.6. The molecule has 4 aromatic rings. The van der Waals surface area contributed by atoms with Crippen LogP contribution in [-0.4, -0.2) is 14.7 Å². The second-order valence-electron chi connectivity index (χ2n) is 8.75. The third kappa shape index (κ3) is 4.22. The van der Waals surface area contributed by atoms with Gasteiger partial charge in [-0.2, -0.15) is 0 Å². The number of aromatic nitrogens is 2. The first-order chi connectivity index (χ1) is 16.9. The Morgan fingerprint density at radius 2 is 1.77 bits per heavy atom. The van der Waals surface area contributed by atoms with Gasteiger partial charge in [-0.3, -0.25) is 4.98 Å². The average Bonchev–Trinajstić information content (AvgIpc) is 3.36. The first kappa shape index (κ1) is 23.9. The van der Waals surface area contributed by atoms with Gasteiger partial charge in [0.2, 0.25) is 0 Å². The van der Waals surface area contributed by atoms with Crippen LogP contribution >= 0.6 is 35.4 Å². The highest BCUT2D eigenvalue weighted by Crippen LogP contribution is 2.44. The molecule has 1 aliphatic rings. The Kier molecular flexibility index (Phi) is 6.58. The maximum absolute atomic E-state index is 6.64. The van der Waals surface area contributed by atoms with Crippen molar-refractivity contribution in [2.45, 2.75) is 39.3 Å². The van der Waals surface area contributed by atoms with Gasteiger partial charge in [0.1, 0.15) is 0 Å². The van der Waals surface area contributed by atoms with Crippen LogP contribution in [0.3, 0.4) is 0 Å². The smallest absolute Gasteiger partial charge is 0.174 e. The summed E-state index contributed by atoms with van der Waals surface area (Å²) in [5.41, 5.74) is 7.45. The molecule has 35 heavy (non-hydrogen) atoms. The minimum Gasteiger partial charge on any atom is -0.351 e. The third-order valence-corrected chi connectivity index (χ3v) is 7.81. The first-order valence-corrected chi connectivity index (χ1v) is 12.8. The van der Waals surface area contributed by atoms with E-state index >= 15 is 0 Å². The molecule has 0 amide bonds. The summed E-state index contributed by atoms with van der Waals surface area (Å²) in [6, 6.07) is 22.3. The summed E-state index contributed by atoms with van der Waals surface area (Å²) in [6.07, 6.45) is 2.81. The summed E-state index contributed by atoms with van der Waals surface area (Å²) in [7, 11) is 0. The van der Waals surface area contributed by atoms with E-state index in [1.54, 1.807) is 6.07 Å². The van der Waals surface area contributed by atoms with Gasteiger partial charge in [0, 0.05) is 23.3 Å². The number of thiocarbonyl (C=S) groups is 1. The fourth-order valence-electron chi connectivity index (χ4n) is 4.96. The van der Waals surface area contributed by atoms with E-state index in [4.69, 9.17) is 35.4 Å². The molecule has 1 saturated heterocycles.